The molecule has 6 nitrogen and oxygen atoms in total. The van der Waals surface area contributed by atoms with Crippen molar-refractivity contribution < 1.29 is 27.5 Å². The largest absolute Gasteiger partial charge is 0.497 e. The van der Waals surface area contributed by atoms with Crippen molar-refractivity contribution in [1.29, 1.82) is 0 Å². The number of amidine groups is 1. The zero-order valence-corrected chi connectivity index (χ0v) is 18.1. The van der Waals surface area contributed by atoms with Crippen molar-refractivity contribution in [2.45, 2.75) is 18.4 Å². The van der Waals surface area contributed by atoms with Gasteiger partial charge in [-0.15, -0.1) is 11.3 Å². The highest BCUT2D eigenvalue weighted by atomic mass is 32.1. The number of benzene rings is 2. The predicted molar refractivity (Wildman–Crippen MR) is 117 cm³/mol. The number of nitrogens with zero attached hydrogens (tertiary/aromatic N) is 2. The number of methoxy groups -OCH3 is 1. The van der Waals surface area contributed by atoms with E-state index in [4.69, 9.17) is 4.74 Å². The fourth-order valence-corrected chi connectivity index (χ4v) is 4.02. The van der Waals surface area contributed by atoms with E-state index >= 15 is 0 Å². The van der Waals surface area contributed by atoms with Crippen LogP contribution in [-0.4, -0.2) is 41.5 Å². The molecule has 1 unspecified atom stereocenters. The molecule has 2 heterocycles. The molecule has 10 heteroatoms. The molecule has 1 aliphatic rings. The molecule has 2 amide bonds. The third-order valence-corrected chi connectivity index (χ3v) is 5.93. The van der Waals surface area contributed by atoms with Gasteiger partial charge in [0.05, 0.1) is 18.5 Å². The average molecular weight is 473 g/mol. The standard InChI is InChI=1S/C23H18F3N3O3S/c1-32-17-11-9-15(10-12-17)14-29-19(16-6-3-2-4-7-16)27-22(21(29)31,23(24,25)26)28-20(30)18-8-5-13-33-18/h2-13H,14H2,1H3,(H,28,30). The highest BCUT2D eigenvalue weighted by Crippen LogP contribution is 2.39. The van der Waals surface area contributed by atoms with Crippen LogP contribution in [0.25, 0.3) is 0 Å². The molecule has 0 bridgehead atoms. The second-order valence-corrected chi connectivity index (χ2v) is 8.13. The summed E-state index contributed by atoms with van der Waals surface area (Å²) in [5.41, 5.74) is -2.56. The van der Waals surface area contributed by atoms with Crippen LogP contribution in [0.1, 0.15) is 20.8 Å². The van der Waals surface area contributed by atoms with Crippen molar-refractivity contribution in [1.82, 2.24) is 10.2 Å². The van der Waals surface area contributed by atoms with Gasteiger partial charge in [-0.05, 0) is 29.1 Å². The van der Waals surface area contributed by atoms with Gasteiger partial charge in [-0.1, -0.05) is 48.5 Å². The highest BCUT2D eigenvalue weighted by molar-refractivity contribution is 7.12. The second-order valence-electron chi connectivity index (χ2n) is 7.18. The van der Waals surface area contributed by atoms with E-state index in [1.54, 1.807) is 60.0 Å². The topological polar surface area (TPSA) is 71.0 Å². The molecular weight excluding hydrogens is 455 g/mol. The molecular formula is C23H18F3N3O3S. The van der Waals surface area contributed by atoms with Gasteiger partial charge in [0.2, 0.25) is 0 Å². The van der Waals surface area contributed by atoms with Crippen molar-refractivity contribution in [2.75, 3.05) is 7.11 Å². The summed E-state index contributed by atoms with van der Waals surface area (Å²) in [4.78, 5) is 30.7. The Kier molecular flexibility index (Phi) is 5.94. The molecule has 1 aliphatic heterocycles. The molecule has 0 saturated carbocycles. The number of carbonyl (C=O) groups is 2. The number of carbonyl (C=O) groups excluding carboxylic acids is 2. The lowest BCUT2D eigenvalue weighted by Gasteiger charge is -2.29. The third kappa shape index (κ3) is 4.21. The SMILES string of the molecule is COc1ccc(CN2C(=O)C(NC(=O)c3cccs3)(C(F)(F)F)N=C2c2ccccc2)cc1. The number of alkyl halides is 3. The summed E-state index contributed by atoms with van der Waals surface area (Å²) in [5.74, 6) is -2.02. The van der Waals surface area contributed by atoms with Crippen LogP contribution in [0.2, 0.25) is 0 Å². The molecule has 1 aromatic heterocycles. The summed E-state index contributed by atoms with van der Waals surface area (Å²) in [6.45, 7) is -0.177. The van der Waals surface area contributed by atoms with E-state index in [1.807, 2.05) is 5.32 Å². The Bertz CT molecular complexity index is 1180. The van der Waals surface area contributed by atoms with Crippen LogP contribution >= 0.6 is 11.3 Å². The summed E-state index contributed by atoms with van der Waals surface area (Å²) in [7, 11) is 1.49. The van der Waals surface area contributed by atoms with Gasteiger partial charge in [-0.25, -0.2) is 4.99 Å². The van der Waals surface area contributed by atoms with Crippen LogP contribution in [-0.2, 0) is 11.3 Å². The smallest absolute Gasteiger partial charge is 0.442 e. The first-order chi connectivity index (χ1) is 15.7. The van der Waals surface area contributed by atoms with Gasteiger partial charge in [-0.2, -0.15) is 13.2 Å². The minimum Gasteiger partial charge on any atom is -0.497 e. The summed E-state index contributed by atoms with van der Waals surface area (Å²) < 4.78 is 48.3. The van der Waals surface area contributed by atoms with Crippen molar-refractivity contribution in [2.24, 2.45) is 4.99 Å². The predicted octanol–water partition coefficient (Wildman–Crippen LogP) is 4.23. The van der Waals surface area contributed by atoms with Gasteiger partial charge in [0, 0.05) is 5.56 Å². The number of ether oxygens (including phenoxy) is 1. The van der Waals surface area contributed by atoms with Gasteiger partial charge in [-0.3, -0.25) is 14.5 Å². The summed E-state index contributed by atoms with van der Waals surface area (Å²) in [6.07, 6.45) is -5.17. The van der Waals surface area contributed by atoms with Gasteiger partial charge >= 0.3 is 11.8 Å². The molecule has 1 N–H and O–H groups in total. The first-order valence-corrected chi connectivity index (χ1v) is 10.7. The maximum absolute atomic E-state index is 14.4. The van der Waals surface area contributed by atoms with Crippen molar-refractivity contribution in [3.8, 4) is 5.75 Å². The van der Waals surface area contributed by atoms with Gasteiger partial charge in [0.25, 0.3) is 11.8 Å². The van der Waals surface area contributed by atoms with Crippen LogP contribution < -0.4 is 10.1 Å². The monoisotopic (exact) mass is 473 g/mol. The molecule has 0 fully saturated rings. The number of halogens is 3. The normalized spacial score (nSPS) is 18.2. The number of amides is 2. The van der Waals surface area contributed by atoms with E-state index in [1.165, 1.54) is 19.2 Å². The number of aliphatic imine (C=N–C) groups is 1. The second kappa shape index (κ2) is 8.70. The summed E-state index contributed by atoms with van der Waals surface area (Å²) in [6, 6.07) is 17.6. The van der Waals surface area contributed by atoms with Crippen molar-refractivity contribution in [3.05, 3.63) is 88.1 Å². The Morgan fingerprint density at radius 3 is 2.36 bits per heavy atom. The Morgan fingerprint density at radius 2 is 1.79 bits per heavy atom. The zero-order valence-electron chi connectivity index (χ0n) is 17.3. The van der Waals surface area contributed by atoms with Crippen LogP contribution in [0, 0.1) is 0 Å². The van der Waals surface area contributed by atoms with Gasteiger partial charge in [0.15, 0.2) is 0 Å². The maximum Gasteiger partial charge on any atom is 0.442 e. The zero-order chi connectivity index (χ0) is 23.6. The molecule has 0 radical (unpaired) electrons. The fourth-order valence-electron chi connectivity index (χ4n) is 3.40. The van der Waals surface area contributed by atoms with Crippen molar-refractivity contribution in [3.63, 3.8) is 0 Å². The molecule has 3 aromatic rings. The molecule has 2 aromatic carbocycles. The van der Waals surface area contributed by atoms with E-state index in [0.717, 1.165) is 16.2 Å². The lowest BCUT2D eigenvalue weighted by atomic mass is 10.1. The van der Waals surface area contributed by atoms with E-state index in [9.17, 15) is 22.8 Å². The first kappa shape index (κ1) is 22.5. The molecule has 0 aliphatic carbocycles. The first-order valence-electron chi connectivity index (χ1n) is 9.78. The van der Waals surface area contributed by atoms with Crippen LogP contribution in [0.15, 0.2) is 77.1 Å². The third-order valence-electron chi connectivity index (χ3n) is 5.07. The molecule has 33 heavy (non-hydrogen) atoms. The van der Waals surface area contributed by atoms with E-state index in [0.29, 0.717) is 16.9 Å². The number of rotatable bonds is 6. The van der Waals surface area contributed by atoms with Crippen LogP contribution in [0.5, 0.6) is 5.75 Å². The highest BCUT2D eigenvalue weighted by Gasteiger charge is 2.67. The van der Waals surface area contributed by atoms with Crippen LogP contribution in [0.3, 0.4) is 0 Å². The molecule has 4 rings (SSSR count). The maximum atomic E-state index is 14.4. The minimum atomic E-state index is -5.17. The lowest BCUT2D eigenvalue weighted by molar-refractivity contribution is -0.196. The van der Waals surface area contributed by atoms with E-state index in [2.05, 4.69) is 4.99 Å². The molecule has 1 atom stereocenters. The van der Waals surface area contributed by atoms with Crippen molar-refractivity contribution >= 4 is 29.0 Å². The van der Waals surface area contributed by atoms with E-state index in [-0.39, 0.29) is 17.3 Å². The van der Waals surface area contributed by atoms with Gasteiger partial charge in [0.1, 0.15) is 11.6 Å². The Morgan fingerprint density at radius 1 is 1.09 bits per heavy atom. The number of hydrogen-bond donors (Lipinski definition) is 1. The Labute approximate surface area is 191 Å². The molecule has 170 valence electrons. The summed E-state index contributed by atoms with van der Waals surface area (Å²) in [5, 5.41) is 3.42. The number of thiophene rings is 1. The van der Waals surface area contributed by atoms with Crippen LogP contribution in [0.4, 0.5) is 13.2 Å². The Balaban J connectivity index is 1.78. The average Bonchev–Trinajstić information content (AvgIpc) is 3.44. The molecule has 0 saturated heterocycles. The van der Waals surface area contributed by atoms with Gasteiger partial charge < -0.3 is 10.1 Å². The minimum absolute atomic E-state index is 0.0384. The number of nitrogens with one attached hydrogen (secondary N) is 1. The number of hydrogen-bond acceptors (Lipinski definition) is 5. The Hall–Kier alpha value is -3.66. The quantitative estimate of drug-likeness (QED) is 0.583. The molecule has 0 spiro atoms. The summed E-state index contributed by atoms with van der Waals surface area (Å²) >= 11 is 0.964. The fraction of sp³-hybridized carbons (Fsp3) is 0.174. The van der Waals surface area contributed by atoms with E-state index < -0.39 is 23.7 Å². The lowest BCUT2D eigenvalue weighted by Crippen LogP contribution is -2.63.